The maximum Gasteiger partial charge on any atom is 0.257 e. The summed E-state index contributed by atoms with van der Waals surface area (Å²) in [6, 6.07) is 0. The molecule has 1 fully saturated rings. The highest BCUT2D eigenvalue weighted by atomic mass is 35.5. The van der Waals surface area contributed by atoms with E-state index >= 15 is 0 Å². The maximum absolute atomic E-state index is 12.2. The minimum absolute atomic E-state index is 0. The van der Waals surface area contributed by atoms with Crippen molar-refractivity contribution in [3.05, 3.63) is 12.4 Å². The van der Waals surface area contributed by atoms with Crippen molar-refractivity contribution in [2.45, 2.75) is 17.9 Å². The van der Waals surface area contributed by atoms with Crippen LogP contribution in [-0.4, -0.2) is 68.8 Å². The summed E-state index contributed by atoms with van der Waals surface area (Å²) in [5.41, 5.74) is 0. The van der Waals surface area contributed by atoms with E-state index in [-0.39, 0.29) is 36.3 Å². The molecule has 136 valence electrons. The van der Waals surface area contributed by atoms with Gasteiger partial charge in [0.2, 0.25) is 10.0 Å². The number of alkyl halides is 2. The Morgan fingerprint density at radius 3 is 2.57 bits per heavy atom. The van der Waals surface area contributed by atoms with Crippen molar-refractivity contribution in [2.75, 3.05) is 39.3 Å². The second-order valence-corrected chi connectivity index (χ2v) is 6.55. The summed E-state index contributed by atoms with van der Waals surface area (Å²) in [6.07, 6.45) is -0.379. The Hall–Kier alpha value is -0.520. The van der Waals surface area contributed by atoms with Gasteiger partial charge in [0.1, 0.15) is 11.4 Å². The van der Waals surface area contributed by atoms with Gasteiger partial charge in [-0.2, -0.15) is 5.10 Å². The molecule has 1 aliphatic heterocycles. The quantitative estimate of drug-likeness (QED) is 0.688. The van der Waals surface area contributed by atoms with Gasteiger partial charge in [-0.3, -0.25) is 9.58 Å². The predicted octanol–water partition coefficient (Wildman–Crippen LogP) is 0.175. The molecule has 1 aromatic heterocycles. The van der Waals surface area contributed by atoms with E-state index in [1.165, 1.54) is 0 Å². The molecule has 2 rings (SSSR count). The lowest BCUT2D eigenvalue weighted by Crippen LogP contribution is -2.46. The van der Waals surface area contributed by atoms with E-state index in [9.17, 15) is 17.2 Å². The van der Waals surface area contributed by atoms with Crippen LogP contribution >= 0.6 is 24.8 Å². The minimum Gasteiger partial charge on any atom is -0.314 e. The van der Waals surface area contributed by atoms with Crippen LogP contribution < -0.4 is 10.0 Å². The van der Waals surface area contributed by atoms with E-state index in [4.69, 9.17) is 0 Å². The van der Waals surface area contributed by atoms with Crippen LogP contribution in [0.2, 0.25) is 0 Å². The Bertz CT molecular complexity index is 552. The Balaban J connectivity index is 0.00000242. The van der Waals surface area contributed by atoms with Crippen LogP contribution in [0.1, 0.15) is 0 Å². The van der Waals surface area contributed by atoms with Gasteiger partial charge in [0.15, 0.2) is 0 Å². The van der Waals surface area contributed by atoms with Crippen LogP contribution in [0.5, 0.6) is 0 Å². The van der Waals surface area contributed by atoms with Crippen LogP contribution in [0.3, 0.4) is 0 Å². The second-order valence-electron chi connectivity index (χ2n) is 4.78. The molecule has 1 saturated heterocycles. The molecule has 7 nitrogen and oxygen atoms in total. The minimum atomic E-state index is -3.70. The number of nitrogens with one attached hydrogen (secondary N) is 2. The zero-order chi connectivity index (χ0) is 15.3. The van der Waals surface area contributed by atoms with Gasteiger partial charge in [0, 0.05) is 45.5 Å². The Kier molecular flexibility index (Phi) is 10.1. The lowest BCUT2D eigenvalue weighted by Gasteiger charge is -2.26. The molecule has 0 amide bonds. The van der Waals surface area contributed by atoms with Crippen molar-refractivity contribution in [1.29, 1.82) is 0 Å². The summed E-state index contributed by atoms with van der Waals surface area (Å²) >= 11 is 0. The second kappa shape index (κ2) is 10.4. The SMILES string of the molecule is Cl.Cl.O=S(=O)(NCCN1CCNCC1)c1cnn(CC(F)F)c1. The van der Waals surface area contributed by atoms with E-state index in [2.05, 4.69) is 20.0 Å². The van der Waals surface area contributed by atoms with Gasteiger partial charge in [-0.25, -0.2) is 21.9 Å². The third-order valence-corrected chi connectivity index (χ3v) is 4.59. The van der Waals surface area contributed by atoms with E-state index in [1.807, 2.05) is 0 Å². The molecule has 0 aromatic carbocycles. The van der Waals surface area contributed by atoms with Crippen molar-refractivity contribution < 1.29 is 17.2 Å². The third-order valence-electron chi connectivity index (χ3n) is 3.17. The molecule has 0 radical (unpaired) electrons. The first-order chi connectivity index (χ1) is 9.97. The van der Waals surface area contributed by atoms with Gasteiger partial charge in [0.05, 0.1) is 6.20 Å². The highest BCUT2D eigenvalue weighted by Crippen LogP contribution is 2.08. The van der Waals surface area contributed by atoms with Crippen molar-refractivity contribution in [2.24, 2.45) is 0 Å². The molecule has 1 aromatic rings. The molecule has 0 aliphatic carbocycles. The van der Waals surface area contributed by atoms with Crippen LogP contribution in [0.25, 0.3) is 0 Å². The number of hydrogen-bond acceptors (Lipinski definition) is 5. The van der Waals surface area contributed by atoms with Crippen molar-refractivity contribution in [1.82, 2.24) is 24.7 Å². The molecule has 12 heteroatoms. The summed E-state index contributed by atoms with van der Waals surface area (Å²) in [6.45, 7) is 3.84. The highest BCUT2D eigenvalue weighted by molar-refractivity contribution is 7.89. The number of nitrogens with zero attached hydrogens (tertiary/aromatic N) is 3. The lowest BCUT2D eigenvalue weighted by atomic mass is 10.3. The Morgan fingerprint density at radius 2 is 1.96 bits per heavy atom. The zero-order valence-corrected chi connectivity index (χ0v) is 14.8. The van der Waals surface area contributed by atoms with Crippen molar-refractivity contribution in [3.63, 3.8) is 0 Å². The molecular formula is C11H21Cl2F2N5O2S. The zero-order valence-electron chi connectivity index (χ0n) is 12.3. The summed E-state index contributed by atoms with van der Waals surface area (Å²) < 4.78 is 51.8. The average molecular weight is 396 g/mol. The number of piperazine rings is 1. The molecule has 0 atom stereocenters. The molecule has 0 saturated carbocycles. The molecule has 1 aliphatic rings. The summed E-state index contributed by atoms with van der Waals surface area (Å²) in [7, 11) is -3.70. The molecular weight excluding hydrogens is 375 g/mol. The fraction of sp³-hybridized carbons (Fsp3) is 0.727. The number of aromatic nitrogens is 2. The highest BCUT2D eigenvalue weighted by Gasteiger charge is 2.18. The van der Waals surface area contributed by atoms with Gasteiger partial charge in [-0.15, -0.1) is 24.8 Å². The van der Waals surface area contributed by atoms with Gasteiger partial charge < -0.3 is 5.32 Å². The summed E-state index contributed by atoms with van der Waals surface area (Å²) in [5.74, 6) is 0. The van der Waals surface area contributed by atoms with E-state index in [0.717, 1.165) is 43.3 Å². The molecule has 0 unspecified atom stereocenters. The summed E-state index contributed by atoms with van der Waals surface area (Å²) in [4.78, 5) is 2.06. The number of halogens is 4. The average Bonchev–Trinajstić information content (AvgIpc) is 2.88. The third kappa shape index (κ3) is 7.27. The summed E-state index contributed by atoms with van der Waals surface area (Å²) in [5, 5.41) is 6.83. The van der Waals surface area contributed by atoms with E-state index < -0.39 is 23.0 Å². The topological polar surface area (TPSA) is 79.3 Å². The van der Waals surface area contributed by atoms with Gasteiger partial charge in [-0.05, 0) is 0 Å². The Morgan fingerprint density at radius 1 is 1.30 bits per heavy atom. The predicted molar refractivity (Wildman–Crippen MR) is 87.2 cm³/mol. The van der Waals surface area contributed by atoms with Crippen molar-refractivity contribution in [3.8, 4) is 0 Å². The monoisotopic (exact) mass is 395 g/mol. The number of rotatable bonds is 7. The maximum atomic E-state index is 12.2. The van der Waals surface area contributed by atoms with Crippen LogP contribution in [0.15, 0.2) is 17.3 Å². The standard InChI is InChI=1S/C11H19F2N5O2S.2ClH/c12-11(13)9-18-8-10(7-15-18)21(19,20)16-3-6-17-4-1-14-2-5-17;;/h7-8,11,14,16H,1-6,9H2;2*1H. The fourth-order valence-electron chi connectivity index (χ4n) is 2.08. The van der Waals surface area contributed by atoms with Gasteiger partial charge in [-0.1, -0.05) is 0 Å². The van der Waals surface area contributed by atoms with E-state index in [0.29, 0.717) is 6.54 Å². The first kappa shape index (κ1) is 22.5. The fourth-order valence-corrected chi connectivity index (χ4v) is 3.05. The molecule has 2 N–H and O–H groups in total. The molecule has 23 heavy (non-hydrogen) atoms. The number of hydrogen-bond donors (Lipinski definition) is 2. The lowest BCUT2D eigenvalue weighted by molar-refractivity contribution is 0.121. The van der Waals surface area contributed by atoms with Crippen molar-refractivity contribution >= 4 is 34.8 Å². The number of sulfonamides is 1. The van der Waals surface area contributed by atoms with Crippen LogP contribution in [-0.2, 0) is 16.6 Å². The first-order valence-electron chi connectivity index (χ1n) is 6.71. The molecule has 2 heterocycles. The smallest absolute Gasteiger partial charge is 0.257 e. The van der Waals surface area contributed by atoms with E-state index in [1.54, 1.807) is 0 Å². The van der Waals surface area contributed by atoms with Gasteiger partial charge >= 0.3 is 0 Å². The first-order valence-corrected chi connectivity index (χ1v) is 8.19. The van der Waals surface area contributed by atoms with Crippen LogP contribution in [0, 0.1) is 0 Å². The largest absolute Gasteiger partial charge is 0.314 e. The molecule has 0 spiro atoms. The van der Waals surface area contributed by atoms with Gasteiger partial charge in [0.25, 0.3) is 6.43 Å². The Labute approximate surface area is 146 Å². The normalized spacial score (nSPS) is 16.0. The van der Waals surface area contributed by atoms with Crippen LogP contribution in [0.4, 0.5) is 8.78 Å². The molecule has 0 bridgehead atoms.